The summed E-state index contributed by atoms with van der Waals surface area (Å²) in [7, 11) is 1.68. The van der Waals surface area contributed by atoms with Gasteiger partial charge in [0.2, 0.25) is 17.2 Å². The van der Waals surface area contributed by atoms with E-state index in [4.69, 9.17) is 16.9 Å². The number of nitrogens with one attached hydrogen (secondary N) is 2. The summed E-state index contributed by atoms with van der Waals surface area (Å²) in [6.45, 7) is 3.67. The van der Waals surface area contributed by atoms with Gasteiger partial charge >= 0.3 is 0 Å². The van der Waals surface area contributed by atoms with E-state index in [1.165, 1.54) is 0 Å². The lowest BCUT2D eigenvalue weighted by Gasteiger charge is -2.21. The molecule has 0 bridgehead atoms. The lowest BCUT2D eigenvalue weighted by Crippen LogP contribution is -2.33. The van der Waals surface area contributed by atoms with Gasteiger partial charge in [0, 0.05) is 7.05 Å². The molecule has 0 aromatic carbocycles. The second-order valence-corrected chi connectivity index (χ2v) is 3.76. The minimum Gasteiger partial charge on any atom is -0.357 e. The van der Waals surface area contributed by atoms with Gasteiger partial charge in [0.1, 0.15) is 5.54 Å². The smallest absolute Gasteiger partial charge is 0.230 e. The molecule has 1 unspecified atom stereocenters. The zero-order valence-electron chi connectivity index (χ0n) is 9.37. The van der Waals surface area contributed by atoms with Crippen LogP contribution in [0.1, 0.15) is 20.3 Å². The molecule has 1 rings (SSSR count). The molecular weight excluding hydrogens is 228 g/mol. The van der Waals surface area contributed by atoms with Crippen LogP contribution in [0.25, 0.3) is 0 Å². The number of aromatic nitrogens is 3. The van der Waals surface area contributed by atoms with Crippen LogP contribution in [0.2, 0.25) is 5.28 Å². The van der Waals surface area contributed by atoms with Crippen LogP contribution in [0.3, 0.4) is 0 Å². The summed E-state index contributed by atoms with van der Waals surface area (Å²) in [4.78, 5) is 11.8. The highest BCUT2D eigenvalue weighted by Crippen LogP contribution is 2.16. The summed E-state index contributed by atoms with van der Waals surface area (Å²) in [5, 5.41) is 14.8. The third-order valence-electron chi connectivity index (χ3n) is 2.17. The summed E-state index contributed by atoms with van der Waals surface area (Å²) in [6, 6.07) is 2.16. The van der Waals surface area contributed by atoms with Gasteiger partial charge < -0.3 is 10.6 Å². The van der Waals surface area contributed by atoms with Crippen molar-refractivity contribution in [3.63, 3.8) is 0 Å². The van der Waals surface area contributed by atoms with Crippen molar-refractivity contribution in [2.45, 2.75) is 25.8 Å². The molecule has 0 aliphatic heterocycles. The Balaban J connectivity index is 2.97. The molecule has 6 nitrogen and oxygen atoms in total. The van der Waals surface area contributed by atoms with Crippen LogP contribution >= 0.6 is 11.6 Å². The first kappa shape index (κ1) is 12.5. The molecule has 16 heavy (non-hydrogen) atoms. The highest BCUT2D eigenvalue weighted by atomic mass is 35.5. The van der Waals surface area contributed by atoms with Crippen LogP contribution in [-0.2, 0) is 0 Å². The molecule has 1 atom stereocenters. The molecule has 0 fully saturated rings. The van der Waals surface area contributed by atoms with Crippen molar-refractivity contribution in [2.75, 3.05) is 17.7 Å². The van der Waals surface area contributed by atoms with E-state index in [-0.39, 0.29) is 11.2 Å². The molecule has 0 aliphatic rings. The maximum atomic E-state index is 9.01. The standard InChI is InChI=1S/C9H13ClN6/c1-4-9(2,5-11)16-8-14-6(10)13-7(12-3)15-8/h4H2,1-3H3,(H2,12,13,14,15,16). The predicted molar refractivity (Wildman–Crippen MR) is 62.3 cm³/mol. The average molecular weight is 241 g/mol. The zero-order chi connectivity index (χ0) is 12.2. The van der Waals surface area contributed by atoms with E-state index in [9.17, 15) is 0 Å². The maximum absolute atomic E-state index is 9.01. The molecule has 1 heterocycles. The molecule has 1 aromatic heterocycles. The first-order valence-corrected chi connectivity index (χ1v) is 5.19. The highest BCUT2D eigenvalue weighted by Gasteiger charge is 2.22. The van der Waals surface area contributed by atoms with Gasteiger partial charge in [-0.25, -0.2) is 0 Å². The van der Waals surface area contributed by atoms with E-state index in [0.29, 0.717) is 12.4 Å². The number of hydrogen-bond donors (Lipinski definition) is 2. The van der Waals surface area contributed by atoms with Crippen molar-refractivity contribution in [3.05, 3.63) is 5.28 Å². The van der Waals surface area contributed by atoms with Gasteiger partial charge in [0.15, 0.2) is 0 Å². The third kappa shape index (κ3) is 2.94. The van der Waals surface area contributed by atoms with Gasteiger partial charge in [0.05, 0.1) is 6.07 Å². The fourth-order valence-electron chi connectivity index (χ4n) is 0.960. The van der Waals surface area contributed by atoms with Gasteiger partial charge in [-0.1, -0.05) is 6.92 Å². The molecule has 1 aromatic rings. The Hall–Kier alpha value is -1.61. The van der Waals surface area contributed by atoms with Crippen molar-refractivity contribution in [3.8, 4) is 6.07 Å². The Labute approximate surface area is 99.1 Å². The number of halogens is 1. The molecular formula is C9H13ClN6. The maximum Gasteiger partial charge on any atom is 0.230 e. The zero-order valence-corrected chi connectivity index (χ0v) is 10.1. The molecule has 0 saturated carbocycles. The number of nitriles is 1. The summed E-state index contributed by atoms with van der Waals surface area (Å²) in [5.74, 6) is 0.647. The number of rotatable bonds is 4. The lowest BCUT2D eigenvalue weighted by molar-refractivity contribution is 0.618. The van der Waals surface area contributed by atoms with E-state index in [1.807, 2.05) is 6.92 Å². The van der Waals surface area contributed by atoms with Crippen molar-refractivity contribution < 1.29 is 0 Å². The molecule has 0 spiro atoms. The van der Waals surface area contributed by atoms with Gasteiger partial charge in [-0.2, -0.15) is 20.2 Å². The summed E-state index contributed by atoms with van der Waals surface area (Å²) < 4.78 is 0. The quantitative estimate of drug-likeness (QED) is 0.833. The van der Waals surface area contributed by atoms with Crippen LogP contribution in [0, 0.1) is 11.3 Å². The normalized spacial score (nSPS) is 13.7. The van der Waals surface area contributed by atoms with Crippen LogP contribution in [0.15, 0.2) is 0 Å². The average Bonchev–Trinajstić information content (AvgIpc) is 2.28. The summed E-state index contributed by atoms with van der Waals surface area (Å²) in [5.41, 5.74) is -0.713. The van der Waals surface area contributed by atoms with E-state index in [2.05, 4.69) is 31.7 Å². The summed E-state index contributed by atoms with van der Waals surface area (Å²) >= 11 is 5.72. The van der Waals surface area contributed by atoms with Crippen LogP contribution in [0.4, 0.5) is 11.9 Å². The minimum atomic E-state index is -0.713. The van der Waals surface area contributed by atoms with E-state index < -0.39 is 5.54 Å². The molecule has 0 saturated heterocycles. The molecule has 7 heteroatoms. The minimum absolute atomic E-state index is 0.0817. The summed E-state index contributed by atoms with van der Waals surface area (Å²) in [6.07, 6.45) is 0.627. The Morgan fingerprint density at radius 1 is 1.38 bits per heavy atom. The van der Waals surface area contributed by atoms with Crippen LogP contribution in [0.5, 0.6) is 0 Å². The van der Waals surface area contributed by atoms with Gasteiger partial charge in [-0.05, 0) is 24.9 Å². The van der Waals surface area contributed by atoms with E-state index >= 15 is 0 Å². The largest absolute Gasteiger partial charge is 0.357 e. The van der Waals surface area contributed by atoms with Crippen LogP contribution < -0.4 is 10.6 Å². The van der Waals surface area contributed by atoms with Crippen molar-refractivity contribution >= 4 is 23.5 Å². The topological polar surface area (TPSA) is 86.5 Å². The monoisotopic (exact) mass is 240 g/mol. The number of hydrogen-bond acceptors (Lipinski definition) is 6. The highest BCUT2D eigenvalue weighted by molar-refractivity contribution is 6.28. The first-order valence-electron chi connectivity index (χ1n) is 4.81. The SMILES string of the molecule is CCC(C)(C#N)Nc1nc(Cl)nc(NC)n1. The third-order valence-corrected chi connectivity index (χ3v) is 2.34. The van der Waals surface area contributed by atoms with E-state index in [0.717, 1.165) is 0 Å². The molecule has 0 amide bonds. The fraction of sp³-hybridized carbons (Fsp3) is 0.556. The number of nitrogens with zero attached hydrogens (tertiary/aromatic N) is 4. The Bertz CT molecular complexity index is 415. The first-order chi connectivity index (χ1) is 7.53. The fourth-order valence-corrected chi connectivity index (χ4v) is 1.12. The Kier molecular flexibility index (Phi) is 3.85. The van der Waals surface area contributed by atoms with Gasteiger partial charge in [-0.3, -0.25) is 0 Å². The van der Waals surface area contributed by atoms with E-state index in [1.54, 1.807) is 14.0 Å². The number of anilines is 2. The molecule has 86 valence electrons. The van der Waals surface area contributed by atoms with Gasteiger partial charge in [0.25, 0.3) is 0 Å². The second kappa shape index (κ2) is 4.94. The van der Waals surface area contributed by atoms with Crippen LogP contribution in [-0.4, -0.2) is 27.5 Å². The van der Waals surface area contributed by atoms with Crippen molar-refractivity contribution in [1.82, 2.24) is 15.0 Å². The molecule has 2 N–H and O–H groups in total. The van der Waals surface area contributed by atoms with Gasteiger partial charge in [-0.15, -0.1) is 0 Å². The predicted octanol–water partition coefficient (Wildman–Crippen LogP) is 1.67. The molecule has 0 aliphatic carbocycles. The van der Waals surface area contributed by atoms with Crippen molar-refractivity contribution in [1.29, 1.82) is 5.26 Å². The second-order valence-electron chi connectivity index (χ2n) is 3.42. The Morgan fingerprint density at radius 3 is 2.50 bits per heavy atom. The van der Waals surface area contributed by atoms with Crippen molar-refractivity contribution in [2.24, 2.45) is 0 Å². The Morgan fingerprint density at radius 2 is 2.00 bits per heavy atom. The molecule has 0 radical (unpaired) electrons. The lowest BCUT2D eigenvalue weighted by atomic mass is 10.0.